The largest absolute Gasteiger partial charge is 0.491 e. The molecule has 1 aromatic carbocycles. The zero-order valence-corrected chi connectivity index (χ0v) is 28.0. The number of nitrogens with one attached hydrogen (secondary N) is 1. The van der Waals surface area contributed by atoms with E-state index in [0.717, 1.165) is 12.2 Å². The molecule has 1 N–H and O–H groups in total. The van der Waals surface area contributed by atoms with E-state index in [0.29, 0.717) is 92.4 Å². The maximum Gasteiger partial charge on any atom is 0.407 e. The lowest BCUT2D eigenvalue weighted by molar-refractivity contribution is -0.0177. The molecule has 0 aromatic heterocycles. The molecule has 0 aliphatic carbocycles. The SMILES string of the molecule is CCCCCCCCCc1ccc(OCCOCCOCCOCCOCCOCCOCCNC(=O)OC(C)(C)C)cc1. The van der Waals surface area contributed by atoms with Crippen LogP contribution < -0.4 is 10.1 Å². The highest BCUT2D eigenvalue weighted by Gasteiger charge is 2.15. The minimum atomic E-state index is -0.505. The highest BCUT2D eigenvalue weighted by atomic mass is 16.6. The van der Waals surface area contributed by atoms with E-state index in [-0.39, 0.29) is 0 Å². The van der Waals surface area contributed by atoms with Crippen molar-refractivity contribution >= 4 is 6.09 Å². The van der Waals surface area contributed by atoms with Crippen molar-refractivity contribution in [1.29, 1.82) is 0 Å². The number of alkyl carbamates (subject to hydrolysis) is 1. The summed E-state index contributed by atoms with van der Waals surface area (Å²) in [7, 11) is 0. The van der Waals surface area contributed by atoms with Gasteiger partial charge in [0.25, 0.3) is 0 Å². The van der Waals surface area contributed by atoms with E-state index in [1.807, 2.05) is 20.8 Å². The van der Waals surface area contributed by atoms with Gasteiger partial charge in [0.05, 0.1) is 79.3 Å². The third-order valence-electron chi connectivity index (χ3n) is 6.26. The van der Waals surface area contributed by atoms with Gasteiger partial charge in [-0.2, -0.15) is 0 Å². The summed E-state index contributed by atoms with van der Waals surface area (Å²) in [6, 6.07) is 8.44. The van der Waals surface area contributed by atoms with Gasteiger partial charge in [0, 0.05) is 6.54 Å². The Labute approximate surface area is 266 Å². The van der Waals surface area contributed by atoms with E-state index in [4.69, 9.17) is 37.9 Å². The summed E-state index contributed by atoms with van der Waals surface area (Å²) >= 11 is 0. The Bertz CT molecular complexity index is 771. The fraction of sp³-hybridized carbons (Fsp3) is 0.794. The van der Waals surface area contributed by atoms with Crippen molar-refractivity contribution in [2.75, 3.05) is 92.4 Å². The molecule has 1 aromatic rings. The first kappa shape index (κ1) is 40.1. The van der Waals surface area contributed by atoms with E-state index < -0.39 is 11.7 Å². The molecule has 0 fully saturated rings. The van der Waals surface area contributed by atoms with Crippen molar-refractivity contribution < 1.29 is 42.7 Å². The summed E-state index contributed by atoms with van der Waals surface area (Å²) in [6.07, 6.45) is 10.1. The van der Waals surface area contributed by atoms with E-state index in [2.05, 4.69) is 36.5 Å². The maximum atomic E-state index is 11.5. The number of benzene rings is 1. The Balaban J connectivity index is 1.76. The first-order chi connectivity index (χ1) is 21.4. The van der Waals surface area contributed by atoms with Gasteiger partial charge in [-0.05, 0) is 51.3 Å². The second-order valence-corrected chi connectivity index (χ2v) is 11.5. The molecule has 0 aliphatic heterocycles. The van der Waals surface area contributed by atoms with E-state index in [9.17, 15) is 4.79 Å². The lowest BCUT2D eigenvalue weighted by Crippen LogP contribution is -2.34. The van der Waals surface area contributed by atoms with Gasteiger partial charge in [0.2, 0.25) is 0 Å². The third kappa shape index (κ3) is 27.6. The lowest BCUT2D eigenvalue weighted by Gasteiger charge is -2.19. The predicted octanol–water partition coefficient (Wildman–Crippen LogP) is 5.98. The lowest BCUT2D eigenvalue weighted by atomic mass is 10.0. The first-order valence-electron chi connectivity index (χ1n) is 16.6. The molecule has 0 atom stereocenters. The van der Waals surface area contributed by atoms with Gasteiger partial charge in [-0.25, -0.2) is 4.79 Å². The Morgan fingerprint density at radius 3 is 1.50 bits per heavy atom. The van der Waals surface area contributed by atoms with Crippen LogP contribution in [0, 0.1) is 0 Å². The van der Waals surface area contributed by atoms with Crippen LogP contribution in [0.25, 0.3) is 0 Å². The number of carbonyl (C=O) groups excluding carboxylic acids is 1. The van der Waals surface area contributed by atoms with Crippen LogP contribution in [0.1, 0.15) is 78.2 Å². The molecule has 0 unspecified atom stereocenters. The number of hydrogen-bond donors (Lipinski definition) is 1. The van der Waals surface area contributed by atoms with Crippen LogP contribution in [0.3, 0.4) is 0 Å². The Morgan fingerprint density at radius 1 is 0.591 bits per heavy atom. The first-order valence-corrected chi connectivity index (χ1v) is 16.6. The summed E-state index contributed by atoms with van der Waals surface area (Å²) in [4.78, 5) is 11.5. The molecule has 256 valence electrons. The van der Waals surface area contributed by atoms with Crippen LogP contribution in [0.2, 0.25) is 0 Å². The highest BCUT2D eigenvalue weighted by molar-refractivity contribution is 5.67. The zero-order valence-electron chi connectivity index (χ0n) is 28.0. The molecular weight excluding hydrogens is 566 g/mol. The van der Waals surface area contributed by atoms with Gasteiger partial charge in [0.15, 0.2) is 0 Å². The minimum Gasteiger partial charge on any atom is -0.491 e. The smallest absolute Gasteiger partial charge is 0.407 e. The number of rotatable bonds is 30. The van der Waals surface area contributed by atoms with Gasteiger partial charge in [0.1, 0.15) is 18.0 Å². The topological polar surface area (TPSA) is 103 Å². The average molecular weight is 628 g/mol. The maximum absolute atomic E-state index is 11.5. The Morgan fingerprint density at radius 2 is 1.02 bits per heavy atom. The van der Waals surface area contributed by atoms with Gasteiger partial charge >= 0.3 is 6.09 Å². The quantitative estimate of drug-likeness (QED) is 0.103. The Hall–Kier alpha value is -1.95. The van der Waals surface area contributed by atoms with Gasteiger partial charge in [-0.3, -0.25) is 0 Å². The predicted molar refractivity (Wildman–Crippen MR) is 173 cm³/mol. The van der Waals surface area contributed by atoms with Crippen molar-refractivity contribution in [2.45, 2.75) is 84.7 Å². The van der Waals surface area contributed by atoms with Crippen LogP contribution in [0.15, 0.2) is 24.3 Å². The fourth-order valence-corrected chi connectivity index (χ4v) is 4.00. The molecule has 10 nitrogen and oxygen atoms in total. The number of amides is 1. The normalized spacial score (nSPS) is 11.5. The standard InChI is InChI=1S/C34H61NO9/c1-5-6-7-8-9-10-11-12-31-13-15-32(16-14-31)43-30-29-42-28-27-41-26-25-40-24-23-39-22-21-38-20-19-37-18-17-35-33(36)44-34(2,3)4/h13-16H,5-12,17-30H2,1-4H3,(H,35,36). The number of carbonyl (C=O) groups is 1. The molecule has 1 amide bonds. The molecule has 0 radical (unpaired) electrons. The average Bonchev–Trinajstić information content (AvgIpc) is 2.99. The van der Waals surface area contributed by atoms with Crippen LogP contribution in [0.5, 0.6) is 5.75 Å². The number of ether oxygens (including phenoxy) is 8. The molecule has 0 aliphatic rings. The van der Waals surface area contributed by atoms with E-state index in [1.54, 1.807) is 0 Å². The fourth-order valence-electron chi connectivity index (χ4n) is 4.00. The van der Waals surface area contributed by atoms with E-state index in [1.165, 1.54) is 50.5 Å². The molecule has 10 heteroatoms. The van der Waals surface area contributed by atoms with Gasteiger partial charge < -0.3 is 43.2 Å². The second kappa shape index (κ2) is 28.5. The molecule has 0 heterocycles. The number of unbranched alkanes of at least 4 members (excludes halogenated alkanes) is 6. The van der Waals surface area contributed by atoms with Crippen LogP contribution >= 0.6 is 0 Å². The summed E-state index contributed by atoms with van der Waals surface area (Å²) < 4.78 is 43.8. The summed E-state index contributed by atoms with van der Waals surface area (Å²) in [6.45, 7) is 14.5. The summed E-state index contributed by atoms with van der Waals surface area (Å²) in [5, 5.41) is 2.64. The van der Waals surface area contributed by atoms with Crippen molar-refractivity contribution in [2.24, 2.45) is 0 Å². The molecule has 44 heavy (non-hydrogen) atoms. The third-order valence-corrected chi connectivity index (χ3v) is 6.26. The summed E-state index contributed by atoms with van der Waals surface area (Å²) in [5.74, 6) is 0.884. The second-order valence-electron chi connectivity index (χ2n) is 11.5. The van der Waals surface area contributed by atoms with Crippen molar-refractivity contribution in [3.8, 4) is 5.75 Å². The molecule has 0 saturated heterocycles. The van der Waals surface area contributed by atoms with Crippen LogP contribution in [-0.2, 0) is 39.6 Å². The summed E-state index contributed by atoms with van der Waals surface area (Å²) in [5.41, 5.74) is 0.873. The zero-order chi connectivity index (χ0) is 32.0. The van der Waals surface area contributed by atoms with Crippen molar-refractivity contribution in [3.05, 3.63) is 29.8 Å². The van der Waals surface area contributed by atoms with Crippen LogP contribution in [0.4, 0.5) is 4.79 Å². The van der Waals surface area contributed by atoms with E-state index >= 15 is 0 Å². The van der Waals surface area contributed by atoms with Gasteiger partial charge in [-0.15, -0.1) is 0 Å². The monoisotopic (exact) mass is 627 g/mol. The van der Waals surface area contributed by atoms with Crippen molar-refractivity contribution in [3.63, 3.8) is 0 Å². The minimum absolute atomic E-state index is 0.390. The van der Waals surface area contributed by atoms with Crippen molar-refractivity contribution in [1.82, 2.24) is 5.32 Å². The molecule has 0 bridgehead atoms. The molecule has 0 spiro atoms. The Kier molecular flexibility index (Phi) is 26.0. The van der Waals surface area contributed by atoms with Crippen LogP contribution in [-0.4, -0.2) is 104 Å². The highest BCUT2D eigenvalue weighted by Crippen LogP contribution is 2.15. The number of aryl methyl sites for hydroxylation is 1. The molecular formula is C34H61NO9. The molecule has 0 saturated carbocycles. The molecule has 1 rings (SSSR count). The van der Waals surface area contributed by atoms with Gasteiger partial charge in [-0.1, -0.05) is 57.6 Å². The number of hydrogen-bond acceptors (Lipinski definition) is 9.